The van der Waals surface area contributed by atoms with Crippen LogP contribution in [0.5, 0.6) is 0 Å². The maximum absolute atomic E-state index is 5.49. The van der Waals surface area contributed by atoms with E-state index in [2.05, 4.69) is 58.0 Å². The summed E-state index contributed by atoms with van der Waals surface area (Å²) in [5.41, 5.74) is 8.51. The summed E-state index contributed by atoms with van der Waals surface area (Å²) in [5.74, 6) is 0. The molecule has 0 spiro atoms. The van der Waals surface area contributed by atoms with Crippen LogP contribution in [0.15, 0.2) is 24.4 Å². The van der Waals surface area contributed by atoms with Gasteiger partial charge in [-0.15, -0.1) is 5.10 Å². The quantitative estimate of drug-likeness (QED) is 0.858. The van der Waals surface area contributed by atoms with Crippen LogP contribution in [0.4, 0.5) is 0 Å². The fourth-order valence-electron chi connectivity index (χ4n) is 1.34. The number of aromatic nitrogens is 3. The lowest BCUT2D eigenvalue weighted by atomic mass is 10.2. The van der Waals surface area contributed by atoms with Crippen LogP contribution in [0, 0.1) is 10.5 Å². The van der Waals surface area contributed by atoms with Crippen molar-refractivity contribution >= 4 is 22.6 Å². The van der Waals surface area contributed by atoms with Crippen molar-refractivity contribution < 1.29 is 0 Å². The highest BCUT2D eigenvalue weighted by atomic mass is 127. The van der Waals surface area contributed by atoms with E-state index in [1.165, 1.54) is 9.13 Å². The van der Waals surface area contributed by atoms with Gasteiger partial charge in [0.05, 0.1) is 17.6 Å². The zero-order valence-electron chi connectivity index (χ0n) is 8.31. The molecule has 15 heavy (non-hydrogen) atoms. The maximum Gasteiger partial charge on any atom is 0.0967 e. The Morgan fingerprint density at radius 3 is 2.93 bits per heavy atom. The van der Waals surface area contributed by atoms with Gasteiger partial charge in [-0.3, -0.25) is 0 Å². The standard InChI is InChI=1S/C10H11IN4/c1-7-2-3-8(11)4-10(7)15-6-9(5-12)13-14-15/h2-4,6H,5,12H2,1H3. The molecular weight excluding hydrogens is 303 g/mol. The van der Waals surface area contributed by atoms with E-state index < -0.39 is 0 Å². The van der Waals surface area contributed by atoms with E-state index in [-0.39, 0.29) is 0 Å². The second-order valence-corrected chi connectivity index (χ2v) is 4.54. The van der Waals surface area contributed by atoms with Gasteiger partial charge in [-0.25, -0.2) is 4.68 Å². The Kier molecular flexibility index (Phi) is 3.01. The van der Waals surface area contributed by atoms with E-state index in [4.69, 9.17) is 5.73 Å². The molecule has 2 rings (SSSR count). The van der Waals surface area contributed by atoms with Crippen LogP contribution in [0.3, 0.4) is 0 Å². The molecule has 0 fully saturated rings. The smallest absolute Gasteiger partial charge is 0.0967 e. The van der Waals surface area contributed by atoms with Crippen molar-refractivity contribution in [3.05, 3.63) is 39.2 Å². The van der Waals surface area contributed by atoms with Crippen molar-refractivity contribution in [1.82, 2.24) is 15.0 Å². The van der Waals surface area contributed by atoms with Gasteiger partial charge in [0, 0.05) is 10.1 Å². The molecule has 0 atom stereocenters. The lowest BCUT2D eigenvalue weighted by molar-refractivity contribution is 0.792. The number of nitrogens with zero attached hydrogens (tertiary/aromatic N) is 3. The van der Waals surface area contributed by atoms with Crippen LogP contribution in [-0.2, 0) is 6.54 Å². The number of halogens is 1. The summed E-state index contributed by atoms with van der Waals surface area (Å²) in [6.07, 6.45) is 1.86. The molecule has 78 valence electrons. The lowest BCUT2D eigenvalue weighted by Crippen LogP contribution is -1.98. The summed E-state index contributed by atoms with van der Waals surface area (Å²) < 4.78 is 2.94. The second-order valence-electron chi connectivity index (χ2n) is 3.29. The number of rotatable bonds is 2. The number of aryl methyl sites for hydroxylation is 1. The zero-order chi connectivity index (χ0) is 10.8. The van der Waals surface area contributed by atoms with Crippen LogP contribution in [0.2, 0.25) is 0 Å². The van der Waals surface area contributed by atoms with Gasteiger partial charge < -0.3 is 5.73 Å². The first-order chi connectivity index (χ1) is 7.20. The average molecular weight is 314 g/mol. The molecule has 0 saturated heterocycles. The first-order valence-corrected chi connectivity index (χ1v) is 5.66. The SMILES string of the molecule is Cc1ccc(I)cc1-n1cc(CN)nn1. The molecule has 2 aromatic rings. The predicted molar refractivity (Wildman–Crippen MR) is 66.7 cm³/mol. The highest BCUT2D eigenvalue weighted by molar-refractivity contribution is 14.1. The third-order valence-corrected chi connectivity index (χ3v) is 2.84. The lowest BCUT2D eigenvalue weighted by Gasteiger charge is -2.04. The molecule has 1 aromatic carbocycles. The fourth-order valence-corrected chi connectivity index (χ4v) is 1.81. The van der Waals surface area contributed by atoms with Crippen LogP contribution < -0.4 is 5.73 Å². The first-order valence-electron chi connectivity index (χ1n) is 4.58. The molecule has 1 aromatic heterocycles. The van der Waals surface area contributed by atoms with E-state index in [0.717, 1.165) is 11.4 Å². The number of benzene rings is 1. The molecule has 0 aliphatic carbocycles. The van der Waals surface area contributed by atoms with Gasteiger partial charge in [-0.1, -0.05) is 11.3 Å². The van der Waals surface area contributed by atoms with Gasteiger partial charge in [0.25, 0.3) is 0 Å². The predicted octanol–water partition coefficient (Wildman–Crippen LogP) is 1.64. The number of nitrogens with two attached hydrogens (primary N) is 1. The van der Waals surface area contributed by atoms with Crippen molar-refractivity contribution in [2.24, 2.45) is 5.73 Å². The Bertz CT molecular complexity index is 478. The molecule has 4 nitrogen and oxygen atoms in total. The van der Waals surface area contributed by atoms with Crippen LogP contribution in [-0.4, -0.2) is 15.0 Å². The third kappa shape index (κ3) is 2.18. The number of hydrogen-bond acceptors (Lipinski definition) is 3. The summed E-state index contributed by atoms with van der Waals surface area (Å²) >= 11 is 2.28. The molecule has 0 aliphatic rings. The maximum atomic E-state index is 5.49. The fraction of sp³-hybridized carbons (Fsp3) is 0.200. The highest BCUT2D eigenvalue weighted by Crippen LogP contribution is 2.16. The largest absolute Gasteiger partial charge is 0.325 e. The van der Waals surface area contributed by atoms with Crippen molar-refractivity contribution in [3.8, 4) is 5.69 Å². The monoisotopic (exact) mass is 314 g/mol. The minimum Gasteiger partial charge on any atom is -0.325 e. The van der Waals surface area contributed by atoms with Crippen molar-refractivity contribution in [1.29, 1.82) is 0 Å². The van der Waals surface area contributed by atoms with Gasteiger partial charge in [0.2, 0.25) is 0 Å². The molecule has 0 amide bonds. The number of hydrogen-bond donors (Lipinski definition) is 1. The van der Waals surface area contributed by atoms with Gasteiger partial charge in [-0.05, 0) is 47.2 Å². The highest BCUT2D eigenvalue weighted by Gasteiger charge is 2.04. The van der Waals surface area contributed by atoms with E-state index in [0.29, 0.717) is 6.54 Å². The summed E-state index contributed by atoms with van der Waals surface area (Å²) in [4.78, 5) is 0. The Morgan fingerprint density at radius 2 is 2.27 bits per heavy atom. The average Bonchev–Trinajstić information content (AvgIpc) is 2.70. The van der Waals surface area contributed by atoms with Crippen LogP contribution in [0.25, 0.3) is 5.69 Å². The molecular formula is C10H11IN4. The molecule has 0 aliphatic heterocycles. The third-order valence-electron chi connectivity index (χ3n) is 2.17. The van der Waals surface area contributed by atoms with Gasteiger partial charge in [-0.2, -0.15) is 0 Å². The zero-order valence-corrected chi connectivity index (χ0v) is 10.5. The molecule has 0 bridgehead atoms. The van der Waals surface area contributed by atoms with E-state index in [1.54, 1.807) is 4.68 Å². The Hall–Kier alpha value is -0.950. The van der Waals surface area contributed by atoms with Gasteiger partial charge in [0.1, 0.15) is 0 Å². The van der Waals surface area contributed by atoms with Crippen molar-refractivity contribution in [2.45, 2.75) is 13.5 Å². The molecule has 0 unspecified atom stereocenters. The molecule has 5 heteroatoms. The summed E-state index contributed by atoms with van der Waals surface area (Å²) in [6, 6.07) is 6.21. The molecule has 2 N–H and O–H groups in total. The Balaban J connectivity index is 2.48. The van der Waals surface area contributed by atoms with Crippen molar-refractivity contribution in [2.75, 3.05) is 0 Å². The topological polar surface area (TPSA) is 56.7 Å². The normalized spacial score (nSPS) is 10.6. The van der Waals surface area contributed by atoms with Crippen LogP contribution >= 0.6 is 22.6 Å². The summed E-state index contributed by atoms with van der Waals surface area (Å²) in [7, 11) is 0. The first kappa shape index (κ1) is 10.6. The van der Waals surface area contributed by atoms with E-state index in [9.17, 15) is 0 Å². The van der Waals surface area contributed by atoms with Crippen LogP contribution in [0.1, 0.15) is 11.3 Å². The Labute approximate surface area is 102 Å². The molecule has 0 saturated carbocycles. The second kappa shape index (κ2) is 4.28. The van der Waals surface area contributed by atoms with Gasteiger partial charge in [0.15, 0.2) is 0 Å². The van der Waals surface area contributed by atoms with E-state index >= 15 is 0 Å². The Morgan fingerprint density at radius 1 is 1.47 bits per heavy atom. The minimum atomic E-state index is 0.420. The summed E-state index contributed by atoms with van der Waals surface area (Å²) in [6.45, 7) is 2.47. The minimum absolute atomic E-state index is 0.420. The van der Waals surface area contributed by atoms with Crippen molar-refractivity contribution in [3.63, 3.8) is 0 Å². The molecule has 0 radical (unpaired) electrons. The molecule has 1 heterocycles. The van der Waals surface area contributed by atoms with E-state index in [1.807, 2.05) is 6.20 Å². The summed E-state index contributed by atoms with van der Waals surface area (Å²) in [5, 5.41) is 8.01. The van der Waals surface area contributed by atoms with Gasteiger partial charge >= 0.3 is 0 Å².